The van der Waals surface area contributed by atoms with E-state index in [-0.39, 0.29) is 47.1 Å². The van der Waals surface area contributed by atoms with Crippen molar-refractivity contribution in [1.29, 1.82) is 0 Å². The second-order valence-electron chi connectivity index (χ2n) is 9.62. The predicted molar refractivity (Wildman–Crippen MR) is 137 cm³/mol. The molecule has 0 radical (unpaired) electrons. The number of halogens is 4. The Hall–Kier alpha value is -2.63. The van der Waals surface area contributed by atoms with Crippen molar-refractivity contribution >= 4 is 28.5 Å². The molecule has 3 heterocycles. The molecule has 3 aromatic rings. The van der Waals surface area contributed by atoms with Gasteiger partial charge in [0.25, 0.3) is 0 Å². The van der Waals surface area contributed by atoms with Crippen molar-refractivity contribution in [2.24, 2.45) is 0 Å². The molecule has 2 aromatic carbocycles. The highest BCUT2D eigenvalue weighted by Crippen LogP contribution is 2.48. The van der Waals surface area contributed by atoms with E-state index in [0.717, 1.165) is 18.2 Å². The van der Waals surface area contributed by atoms with Crippen molar-refractivity contribution in [1.82, 2.24) is 14.9 Å². The molecule has 0 saturated carbocycles. The quantitative estimate of drug-likeness (QED) is 0.478. The summed E-state index contributed by atoms with van der Waals surface area (Å²) in [6.07, 6.45) is -5.08. The fraction of sp³-hybridized carbons (Fsp3) is 0.462. The lowest BCUT2D eigenvalue weighted by molar-refractivity contribution is -0.137. The summed E-state index contributed by atoms with van der Waals surface area (Å²) >= 11 is 1.23. The highest BCUT2D eigenvalue weighted by atomic mass is 32.2. The monoisotopic (exact) mass is 536 g/mol. The topological polar surface area (TPSA) is 59.4 Å². The Balaban J connectivity index is 1.87. The number of thioether (sulfide) groups is 1. The first-order chi connectivity index (χ1) is 17.6. The normalized spacial score (nSPS) is 22.4. The number of hydrogen-bond acceptors (Lipinski definition) is 6. The molecule has 0 amide bonds. The second-order valence-corrected chi connectivity index (χ2v) is 10.7. The number of nitrogens with zero attached hydrogens (tertiary/aromatic N) is 3. The van der Waals surface area contributed by atoms with Crippen molar-refractivity contribution < 1.29 is 22.3 Å². The highest BCUT2D eigenvalue weighted by Gasteiger charge is 2.38. The highest BCUT2D eigenvalue weighted by molar-refractivity contribution is 7.99. The summed E-state index contributed by atoms with van der Waals surface area (Å²) in [5, 5.41) is 3.68. The standard InChI is InChI=1S/C26H28F4N4O2S/c1-4-36-18-12-34-22-19(24(32-25(34)35)33-10-14(2)31-15(3)11-33)9-20(26(28,29)30)21(23(22)37-13-18)16-5-7-17(27)8-6-16/h5-9,14-15,18,31H,4,10-13H2,1-3H3/t14-,15+,18-/m0/s1. The summed E-state index contributed by atoms with van der Waals surface area (Å²) in [4.78, 5) is 20.0. The van der Waals surface area contributed by atoms with Gasteiger partial charge in [-0.05, 0) is 44.5 Å². The van der Waals surface area contributed by atoms with E-state index >= 15 is 0 Å². The van der Waals surface area contributed by atoms with Gasteiger partial charge in [-0.1, -0.05) is 12.1 Å². The summed E-state index contributed by atoms with van der Waals surface area (Å²) in [5.41, 5.74) is -0.786. The Bertz CT molecular complexity index is 1370. The van der Waals surface area contributed by atoms with E-state index in [1.165, 1.54) is 28.5 Å². The first-order valence-corrected chi connectivity index (χ1v) is 13.3. The number of aromatic nitrogens is 2. The molecule has 1 N–H and O–H groups in total. The number of alkyl halides is 3. The number of rotatable bonds is 4. The van der Waals surface area contributed by atoms with Crippen LogP contribution >= 0.6 is 11.8 Å². The van der Waals surface area contributed by atoms with Crippen molar-refractivity contribution in [2.45, 2.75) is 56.6 Å². The maximum atomic E-state index is 14.6. The number of piperazine rings is 1. The molecule has 0 spiro atoms. The lowest BCUT2D eigenvalue weighted by atomic mass is 9.96. The molecule has 2 aliphatic rings. The lowest BCUT2D eigenvalue weighted by Gasteiger charge is -2.37. The molecule has 1 fully saturated rings. The van der Waals surface area contributed by atoms with Gasteiger partial charge in [0.2, 0.25) is 0 Å². The van der Waals surface area contributed by atoms with Gasteiger partial charge in [0.15, 0.2) is 0 Å². The summed E-state index contributed by atoms with van der Waals surface area (Å²) in [5.74, 6) is 0.0686. The van der Waals surface area contributed by atoms with E-state index in [1.54, 1.807) is 0 Å². The van der Waals surface area contributed by atoms with E-state index in [9.17, 15) is 22.4 Å². The van der Waals surface area contributed by atoms with E-state index in [2.05, 4.69) is 10.3 Å². The van der Waals surface area contributed by atoms with Crippen LogP contribution in [-0.4, -0.2) is 53.2 Å². The summed E-state index contributed by atoms with van der Waals surface area (Å²) in [6, 6.07) is 6.22. The maximum Gasteiger partial charge on any atom is 0.417 e. The maximum absolute atomic E-state index is 14.6. The van der Waals surface area contributed by atoms with E-state index in [1.807, 2.05) is 25.7 Å². The molecular formula is C26H28F4N4O2S. The minimum atomic E-state index is -4.69. The van der Waals surface area contributed by atoms with Crippen LogP contribution in [0.15, 0.2) is 40.0 Å². The molecule has 0 aliphatic carbocycles. The second kappa shape index (κ2) is 9.92. The summed E-state index contributed by atoms with van der Waals surface area (Å²) in [6.45, 7) is 7.39. The third-order valence-corrected chi connectivity index (χ3v) is 7.92. The van der Waals surface area contributed by atoms with Gasteiger partial charge < -0.3 is 15.0 Å². The largest absolute Gasteiger partial charge is 0.417 e. The Labute approximate surface area is 216 Å². The van der Waals surface area contributed by atoms with Crippen LogP contribution in [0.2, 0.25) is 0 Å². The van der Waals surface area contributed by atoms with Crippen LogP contribution in [0.3, 0.4) is 0 Å². The fourth-order valence-corrected chi connectivity index (χ4v) is 6.62. The van der Waals surface area contributed by atoms with Gasteiger partial charge in [-0.2, -0.15) is 18.2 Å². The molecule has 5 rings (SSSR count). The van der Waals surface area contributed by atoms with Crippen LogP contribution in [0.4, 0.5) is 23.4 Å². The molecule has 0 bridgehead atoms. The number of ether oxygens (including phenoxy) is 1. The smallest absolute Gasteiger partial charge is 0.376 e. The van der Waals surface area contributed by atoms with Gasteiger partial charge in [-0.25, -0.2) is 9.18 Å². The Morgan fingerprint density at radius 1 is 1.14 bits per heavy atom. The summed E-state index contributed by atoms with van der Waals surface area (Å²) in [7, 11) is 0. The van der Waals surface area contributed by atoms with Gasteiger partial charge in [0.05, 0.1) is 23.7 Å². The van der Waals surface area contributed by atoms with Crippen molar-refractivity contribution in [3.8, 4) is 11.1 Å². The minimum Gasteiger partial charge on any atom is -0.376 e. The first-order valence-electron chi connectivity index (χ1n) is 12.3. The van der Waals surface area contributed by atoms with Crippen molar-refractivity contribution in [2.75, 3.05) is 30.3 Å². The molecular weight excluding hydrogens is 508 g/mol. The lowest BCUT2D eigenvalue weighted by Crippen LogP contribution is -2.55. The van der Waals surface area contributed by atoms with Gasteiger partial charge in [-0.15, -0.1) is 11.8 Å². The van der Waals surface area contributed by atoms with Crippen LogP contribution in [-0.2, 0) is 17.5 Å². The molecule has 2 aliphatic heterocycles. The van der Waals surface area contributed by atoms with E-state index in [0.29, 0.717) is 35.9 Å². The van der Waals surface area contributed by atoms with E-state index in [4.69, 9.17) is 4.74 Å². The Morgan fingerprint density at radius 3 is 2.43 bits per heavy atom. The van der Waals surface area contributed by atoms with Crippen LogP contribution < -0.4 is 15.9 Å². The number of hydrogen-bond donors (Lipinski definition) is 1. The van der Waals surface area contributed by atoms with Crippen molar-refractivity contribution in [3.05, 3.63) is 52.2 Å². The van der Waals surface area contributed by atoms with Gasteiger partial charge in [0.1, 0.15) is 11.6 Å². The summed E-state index contributed by atoms with van der Waals surface area (Å²) < 4.78 is 64.9. The van der Waals surface area contributed by atoms with Crippen LogP contribution in [0, 0.1) is 5.82 Å². The molecule has 198 valence electrons. The SMILES string of the molecule is CCO[C@@H]1CSc2c(-c3ccc(F)cc3)c(C(F)(F)F)cc3c(N4C[C@@H](C)N[C@@H](C)C4)nc(=O)n(c23)C1. The molecule has 1 aromatic heterocycles. The molecule has 0 unspecified atom stereocenters. The molecule has 11 heteroatoms. The average Bonchev–Trinajstić information content (AvgIpc) is 3.01. The zero-order valence-electron chi connectivity index (χ0n) is 20.7. The van der Waals surface area contributed by atoms with Crippen LogP contribution in [0.1, 0.15) is 26.3 Å². The third-order valence-electron chi connectivity index (χ3n) is 6.70. The van der Waals surface area contributed by atoms with E-state index < -0.39 is 23.2 Å². The number of anilines is 1. The predicted octanol–water partition coefficient (Wildman–Crippen LogP) is 4.92. The Kier molecular flexibility index (Phi) is 6.97. The molecule has 6 nitrogen and oxygen atoms in total. The fourth-order valence-electron chi connectivity index (χ4n) is 5.34. The van der Waals surface area contributed by atoms with Gasteiger partial charge >= 0.3 is 11.9 Å². The number of nitrogens with one attached hydrogen (secondary N) is 1. The van der Waals surface area contributed by atoms with Gasteiger partial charge in [-0.3, -0.25) is 4.57 Å². The van der Waals surface area contributed by atoms with Crippen molar-refractivity contribution in [3.63, 3.8) is 0 Å². The van der Waals surface area contributed by atoms with Gasteiger partial charge in [0, 0.05) is 53.4 Å². The minimum absolute atomic E-state index is 0.0607. The van der Waals surface area contributed by atoms with Crippen LogP contribution in [0.25, 0.3) is 22.0 Å². The number of benzene rings is 2. The first kappa shape index (κ1) is 26.0. The average molecular weight is 537 g/mol. The van der Waals surface area contributed by atoms with Crippen LogP contribution in [0.5, 0.6) is 0 Å². The third kappa shape index (κ3) is 4.96. The Morgan fingerprint density at radius 2 is 1.81 bits per heavy atom. The zero-order valence-corrected chi connectivity index (χ0v) is 21.5. The molecule has 37 heavy (non-hydrogen) atoms. The molecule has 3 atom stereocenters. The molecule has 1 saturated heterocycles. The zero-order chi connectivity index (χ0) is 26.5.